The summed E-state index contributed by atoms with van der Waals surface area (Å²) in [4.78, 5) is 1.91. The van der Waals surface area contributed by atoms with Crippen molar-refractivity contribution >= 4 is 11.6 Å². The van der Waals surface area contributed by atoms with Gasteiger partial charge in [0.1, 0.15) is 24.3 Å². The molecule has 1 aliphatic heterocycles. The van der Waals surface area contributed by atoms with Crippen molar-refractivity contribution in [3.05, 3.63) is 64.4 Å². The highest BCUT2D eigenvalue weighted by molar-refractivity contribution is 6.31. The molecule has 30 heavy (non-hydrogen) atoms. The van der Waals surface area contributed by atoms with Crippen LogP contribution in [0.25, 0.3) is 0 Å². The Morgan fingerprint density at radius 2 is 1.73 bits per heavy atom. The first-order valence-electron chi connectivity index (χ1n) is 9.45. The number of aliphatic hydroxyl groups is 2. The number of rotatable bonds is 6. The third kappa shape index (κ3) is 5.63. The van der Waals surface area contributed by atoms with Crippen LogP contribution in [0.2, 0.25) is 5.02 Å². The van der Waals surface area contributed by atoms with Gasteiger partial charge in [-0.25, -0.2) is 4.39 Å². The molecule has 0 radical (unpaired) electrons. The maximum Gasteiger partial charge on any atom is 0.417 e. The van der Waals surface area contributed by atoms with Crippen molar-refractivity contribution in [3.63, 3.8) is 0 Å². The molecule has 2 N–H and O–H groups in total. The van der Waals surface area contributed by atoms with Crippen molar-refractivity contribution in [1.82, 2.24) is 4.90 Å². The van der Waals surface area contributed by atoms with Gasteiger partial charge in [0.15, 0.2) is 0 Å². The average Bonchev–Trinajstić information content (AvgIpc) is 2.69. The second-order valence-electron chi connectivity index (χ2n) is 7.44. The molecule has 2 aromatic carbocycles. The predicted octanol–water partition coefficient (Wildman–Crippen LogP) is 4.22. The van der Waals surface area contributed by atoms with Crippen LogP contribution in [0.5, 0.6) is 5.75 Å². The van der Waals surface area contributed by atoms with E-state index in [1.807, 2.05) is 4.90 Å². The summed E-state index contributed by atoms with van der Waals surface area (Å²) in [5, 5.41) is 20.7. The number of hydrogen-bond donors (Lipinski definition) is 2. The Kier molecular flexibility index (Phi) is 6.91. The van der Waals surface area contributed by atoms with E-state index in [0.717, 1.165) is 12.1 Å². The summed E-state index contributed by atoms with van der Waals surface area (Å²) in [5.74, 6) is 0.0541. The van der Waals surface area contributed by atoms with Gasteiger partial charge in [-0.2, -0.15) is 13.2 Å². The van der Waals surface area contributed by atoms with E-state index in [9.17, 15) is 27.8 Å². The summed E-state index contributed by atoms with van der Waals surface area (Å²) in [5.41, 5.74) is -2.18. The van der Waals surface area contributed by atoms with Gasteiger partial charge in [0.05, 0.1) is 16.2 Å². The predicted molar refractivity (Wildman–Crippen MR) is 104 cm³/mol. The van der Waals surface area contributed by atoms with Crippen LogP contribution in [-0.2, 0) is 11.8 Å². The number of piperidine rings is 1. The number of hydrogen-bond acceptors (Lipinski definition) is 4. The van der Waals surface area contributed by atoms with Crippen molar-refractivity contribution < 1.29 is 32.5 Å². The van der Waals surface area contributed by atoms with Crippen molar-refractivity contribution in [2.75, 3.05) is 26.2 Å². The summed E-state index contributed by atoms with van der Waals surface area (Å²) in [6.45, 7) is 1.09. The van der Waals surface area contributed by atoms with Crippen LogP contribution in [0, 0.1) is 5.82 Å². The first-order valence-corrected chi connectivity index (χ1v) is 9.83. The zero-order valence-electron chi connectivity index (χ0n) is 16.0. The van der Waals surface area contributed by atoms with Crippen molar-refractivity contribution in [1.29, 1.82) is 0 Å². The van der Waals surface area contributed by atoms with Crippen LogP contribution in [0.4, 0.5) is 17.6 Å². The number of nitrogens with zero attached hydrogens (tertiary/aromatic N) is 1. The molecule has 1 saturated heterocycles. The molecule has 4 nitrogen and oxygen atoms in total. The summed E-state index contributed by atoms with van der Waals surface area (Å²) >= 11 is 5.66. The molecule has 0 unspecified atom stereocenters. The molecule has 164 valence electrons. The minimum Gasteiger partial charge on any atom is -0.491 e. The van der Waals surface area contributed by atoms with E-state index in [-0.39, 0.29) is 37.4 Å². The Morgan fingerprint density at radius 1 is 1.10 bits per heavy atom. The highest BCUT2D eigenvalue weighted by atomic mass is 35.5. The molecule has 1 heterocycles. The van der Waals surface area contributed by atoms with E-state index < -0.39 is 28.5 Å². The lowest BCUT2D eigenvalue weighted by molar-refractivity contribution is -0.137. The molecule has 0 amide bonds. The summed E-state index contributed by atoms with van der Waals surface area (Å²) in [6, 6.07) is 8.92. The fourth-order valence-corrected chi connectivity index (χ4v) is 3.72. The van der Waals surface area contributed by atoms with E-state index in [1.54, 1.807) is 0 Å². The highest BCUT2D eigenvalue weighted by Gasteiger charge is 2.38. The van der Waals surface area contributed by atoms with Gasteiger partial charge < -0.3 is 19.8 Å². The van der Waals surface area contributed by atoms with Crippen molar-refractivity contribution in [2.45, 2.75) is 30.7 Å². The Hall–Kier alpha value is -1.87. The van der Waals surface area contributed by atoms with Gasteiger partial charge in [0.25, 0.3) is 0 Å². The molecule has 1 fully saturated rings. The smallest absolute Gasteiger partial charge is 0.417 e. The minimum absolute atomic E-state index is 0.0124. The van der Waals surface area contributed by atoms with Crippen LogP contribution < -0.4 is 4.74 Å². The first-order chi connectivity index (χ1) is 14.1. The van der Waals surface area contributed by atoms with Gasteiger partial charge in [0.2, 0.25) is 0 Å². The van der Waals surface area contributed by atoms with E-state index in [4.69, 9.17) is 16.3 Å². The molecule has 0 bridgehead atoms. The molecule has 0 aliphatic carbocycles. The van der Waals surface area contributed by atoms with Crippen LogP contribution in [0.15, 0.2) is 42.5 Å². The average molecular weight is 448 g/mol. The Balaban J connectivity index is 1.54. The largest absolute Gasteiger partial charge is 0.491 e. The van der Waals surface area contributed by atoms with Gasteiger partial charge in [0, 0.05) is 19.6 Å². The third-order valence-corrected chi connectivity index (χ3v) is 5.55. The van der Waals surface area contributed by atoms with Crippen molar-refractivity contribution in [3.8, 4) is 5.75 Å². The highest BCUT2D eigenvalue weighted by Crippen LogP contribution is 2.39. The normalized spacial score (nSPS) is 18.2. The molecule has 0 saturated carbocycles. The molecule has 2 aromatic rings. The molecular weight excluding hydrogens is 426 g/mol. The molecule has 3 rings (SSSR count). The number of benzene rings is 2. The van der Waals surface area contributed by atoms with E-state index in [1.165, 1.54) is 30.3 Å². The molecule has 9 heteroatoms. The van der Waals surface area contributed by atoms with Crippen LogP contribution in [-0.4, -0.2) is 47.5 Å². The summed E-state index contributed by atoms with van der Waals surface area (Å²) < 4.78 is 57.6. The van der Waals surface area contributed by atoms with E-state index in [0.29, 0.717) is 18.8 Å². The van der Waals surface area contributed by atoms with Gasteiger partial charge in [-0.05, 0) is 54.8 Å². The maximum absolute atomic E-state index is 13.1. The number of aliphatic hydroxyl groups excluding tert-OH is 1. The molecule has 0 aromatic heterocycles. The third-order valence-electron chi connectivity index (χ3n) is 5.22. The molecule has 1 aliphatic rings. The lowest BCUT2D eigenvalue weighted by Gasteiger charge is -2.39. The second-order valence-corrected chi connectivity index (χ2v) is 7.85. The summed E-state index contributed by atoms with van der Waals surface area (Å²) in [7, 11) is 0. The Bertz CT molecular complexity index is 852. The topological polar surface area (TPSA) is 52.9 Å². The lowest BCUT2D eigenvalue weighted by atomic mass is 9.83. The number of likely N-dealkylation sites (tertiary alicyclic amines) is 1. The van der Waals surface area contributed by atoms with Gasteiger partial charge >= 0.3 is 6.18 Å². The SMILES string of the molecule is O[C@@H](COc1ccc(F)cc1)CN1CCC(O)(c2ccc(Cl)c(C(F)(F)F)c2)CC1. The van der Waals surface area contributed by atoms with Crippen LogP contribution >= 0.6 is 11.6 Å². The standard InChI is InChI=1S/C21H22ClF4NO3/c22-19-6-1-14(11-18(19)21(24,25)26)20(29)7-9-27(10-8-20)12-16(28)13-30-17-4-2-15(23)3-5-17/h1-6,11,16,28-29H,7-10,12-13H2/t16-/m1/s1. The summed E-state index contributed by atoms with van der Waals surface area (Å²) in [6.07, 6.45) is -4.97. The fraction of sp³-hybridized carbons (Fsp3) is 0.429. The van der Waals surface area contributed by atoms with Crippen molar-refractivity contribution in [2.24, 2.45) is 0 Å². The maximum atomic E-state index is 13.1. The number of halogens is 5. The Morgan fingerprint density at radius 3 is 2.33 bits per heavy atom. The molecular formula is C21H22ClF4NO3. The molecule has 0 spiro atoms. The Labute approximate surface area is 176 Å². The monoisotopic (exact) mass is 447 g/mol. The zero-order chi connectivity index (χ0) is 21.9. The van der Waals surface area contributed by atoms with E-state index in [2.05, 4.69) is 0 Å². The number of alkyl halides is 3. The number of β-amino-alcohol motifs (C(OH)–C–C–N with tert-alkyl or cyclic N) is 1. The van der Waals surface area contributed by atoms with Crippen LogP contribution in [0.1, 0.15) is 24.0 Å². The van der Waals surface area contributed by atoms with Crippen LogP contribution in [0.3, 0.4) is 0 Å². The fourth-order valence-electron chi connectivity index (χ4n) is 3.50. The molecule has 1 atom stereocenters. The number of ether oxygens (including phenoxy) is 1. The van der Waals surface area contributed by atoms with Gasteiger partial charge in [-0.3, -0.25) is 0 Å². The lowest BCUT2D eigenvalue weighted by Crippen LogP contribution is -2.46. The van der Waals surface area contributed by atoms with E-state index >= 15 is 0 Å². The van der Waals surface area contributed by atoms with Gasteiger partial charge in [-0.1, -0.05) is 17.7 Å². The quantitative estimate of drug-likeness (QED) is 0.651. The zero-order valence-corrected chi connectivity index (χ0v) is 16.8. The second kappa shape index (κ2) is 9.09. The van der Waals surface area contributed by atoms with Gasteiger partial charge in [-0.15, -0.1) is 0 Å². The first kappa shape index (κ1) is 22.8. The minimum atomic E-state index is -4.60.